The minimum atomic E-state index is -0.328. The van der Waals surface area contributed by atoms with E-state index in [2.05, 4.69) is 19.2 Å². The van der Waals surface area contributed by atoms with Gasteiger partial charge in [0.1, 0.15) is 0 Å². The number of nitrogens with one attached hydrogen (secondary N) is 1. The van der Waals surface area contributed by atoms with E-state index in [4.69, 9.17) is 4.74 Å². The van der Waals surface area contributed by atoms with E-state index in [1.807, 2.05) is 19.9 Å². The Bertz CT molecular complexity index is 475. The van der Waals surface area contributed by atoms with Crippen LogP contribution in [0.4, 0.5) is 5.69 Å². The molecule has 0 saturated heterocycles. The van der Waals surface area contributed by atoms with Gasteiger partial charge in [0.05, 0.1) is 11.5 Å². The first-order chi connectivity index (χ1) is 9.86. The van der Waals surface area contributed by atoms with Gasteiger partial charge in [-0.05, 0) is 32.3 Å². The molecule has 1 aromatic rings. The Morgan fingerprint density at radius 1 is 1.33 bits per heavy atom. The van der Waals surface area contributed by atoms with Crippen LogP contribution in [0, 0.1) is 23.0 Å². The first-order valence-electron chi connectivity index (χ1n) is 7.45. The predicted octanol–water partition coefficient (Wildman–Crippen LogP) is 3.61. The van der Waals surface area contributed by atoms with Crippen LogP contribution in [0.2, 0.25) is 0 Å². The highest BCUT2D eigenvalue weighted by atomic mass is 16.6. The highest BCUT2D eigenvalue weighted by Crippen LogP contribution is 2.24. The molecule has 0 amide bonds. The van der Waals surface area contributed by atoms with Gasteiger partial charge in [0.15, 0.2) is 0 Å². The smallest absolute Gasteiger partial charge is 0.272 e. The summed E-state index contributed by atoms with van der Waals surface area (Å²) in [6.07, 6.45) is 0. The summed E-state index contributed by atoms with van der Waals surface area (Å²) in [5.74, 6) is 0.430. The lowest BCUT2D eigenvalue weighted by atomic mass is 10.0. The molecule has 21 heavy (non-hydrogen) atoms. The topological polar surface area (TPSA) is 64.4 Å². The standard InChI is InChI=1S/C16H26N2O3/c1-6-21-10-15(11(2)3)17-13(5)14-8-7-12(4)16(9-14)18(19)20/h7-9,11,13,15,17H,6,10H2,1-5H3. The number of benzene rings is 1. The van der Waals surface area contributed by atoms with E-state index in [9.17, 15) is 10.1 Å². The summed E-state index contributed by atoms with van der Waals surface area (Å²) < 4.78 is 5.50. The maximum absolute atomic E-state index is 11.0. The Morgan fingerprint density at radius 3 is 2.52 bits per heavy atom. The van der Waals surface area contributed by atoms with E-state index in [-0.39, 0.29) is 22.7 Å². The average Bonchev–Trinajstić information content (AvgIpc) is 2.42. The monoisotopic (exact) mass is 294 g/mol. The van der Waals surface area contributed by atoms with Crippen LogP contribution in [0.1, 0.15) is 44.9 Å². The molecular weight excluding hydrogens is 268 g/mol. The molecule has 2 atom stereocenters. The average molecular weight is 294 g/mol. The van der Waals surface area contributed by atoms with Crippen LogP contribution in [-0.4, -0.2) is 24.2 Å². The minimum Gasteiger partial charge on any atom is -0.380 e. The van der Waals surface area contributed by atoms with E-state index in [1.165, 1.54) is 0 Å². The predicted molar refractivity (Wildman–Crippen MR) is 84.5 cm³/mol. The van der Waals surface area contributed by atoms with Gasteiger partial charge < -0.3 is 10.1 Å². The Labute approximate surface area is 126 Å². The number of nitro groups is 1. The number of rotatable bonds is 8. The molecule has 0 fully saturated rings. The Balaban J connectivity index is 2.84. The lowest BCUT2D eigenvalue weighted by Gasteiger charge is -2.26. The van der Waals surface area contributed by atoms with Gasteiger partial charge in [-0.3, -0.25) is 10.1 Å². The zero-order valence-corrected chi connectivity index (χ0v) is 13.6. The SMILES string of the molecule is CCOCC(NC(C)c1ccc(C)c([N+](=O)[O-])c1)C(C)C. The highest BCUT2D eigenvalue weighted by molar-refractivity contribution is 5.43. The number of nitrogens with zero attached hydrogens (tertiary/aromatic N) is 1. The molecule has 0 bridgehead atoms. The Morgan fingerprint density at radius 2 is 2.00 bits per heavy atom. The molecule has 0 heterocycles. The van der Waals surface area contributed by atoms with E-state index in [0.29, 0.717) is 24.7 Å². The molecule has 0 spiro atoms. The number of ether oxygens (including phenoxy) is 1. The van der Waals surface area contributed by atoms with Crippen LogP contribution in [-0.2, 0) is 4.74 Å². The molecule has 0 saturated carbocycles. The van der Waals surface area contributed by atoms with Gasteiger partial charge >= 0.3 is 0 Å². The second-order valence-electron chi connectivity index (χ2n) is 5.70. The molecule has 0 aliphatic carbocycles. The van der Waals surface area contributed by atoms with Gasteiger partial charge in [-0.1, -0.05) is 26.0 Å². The highest BCUT2D eigenvalue weighted by Gasteiger charge is 2.19. The fraction of sp³-hybridized carbons (Fsp3) is 0.625. The summed E-state index contributed by atoms with van der Waals surface area (Å²) in [5, 5.41) is 14.5. The second kappa shape index (κ2) is 8.10. The van der Waals surface area contributed by atoms with E-state index in [1.54, 1.807) is 19.1 Å². The zero-order chi connectivity index (χ0) is 16.0. The molecule has 0 aliphatic rings. The third-order valence-electron chi connectivity index (χ3n) is 3.70. The van der Waals surface area contributed by atoms with Crippen molar-refractivity contribution >= 4 is 5.69 Å². The lowest BCUT2D eigenvalue weighted by Crippen LogP contribution is -2.39. The van der Waals surface area contributed by atoms with Crippen molar-refractivity contribution < 1.29 is 9.66 Å². The third kappa shape index (κ3) is 5.10. The van der Waals surface area contributed by atoms with Gasteiger partial charge in [-0.2, -0.15) is 0 Å². The molecular formula is C16H26N2O3. The normalized spacial score (nSPS) is 14.2. The van der Waals surface area contributed by atoms with Crippen molar-refractivity contribution in [3.05, 3.63) is 39.4 Å². The van der Waals surface area contributed by atoms with E-state index < -0.39 is 0 Å². The van der Waals surface area contributed by atoms with Crippen molar-refractivity contribution in [3.8, 4) is 0 Å². The van der Waals surface area contributed by atoms with Crippen molar-refractivity contribution in [2.24, 2.45) is 5.92 Å². The lowest BCUT2D eigenvalue weighted by molar-refractivity contribution is -0.385. The molecule has 1 N–H and O–H groups in total. The number of hydrogen-bond acceptors (Lipinski definition) is 4. The molecule has 2 unspecified atom stereocenters. The molecule has 0 aliphatic heterocycles. The number of hydrogen-bond donors (Lipinski definition) is 1. The summed E-state index contributed by atoms with van der Waals surface area (Å²) in [7, 11) is 0. The Hall–Kier alpha value is -1.46. The zero-order valence-electron chi connectivity index (χ0n) is 13.6. The maximum atomic E-state index is 11.0. The molecule has 118 valence electrons. The van der Waals surface area contributed by atoms with Gasteiger partial charge in [-0.15, -0.1) is 0 Å². The number of aryl methyl sites for hydroxylation is 1. The number of nitro benzene ring substituents is 1. The van der Waals surface area contributed by atoms with Crippen LogP contribution in [0.15, 0.2) is 18.2 Å². The van der Waals surface area contributed by atoms with Gasteiger partial charge in [0.25, 0.3) is 5.69 Å². The van der Waals surface area contributed by atoms with Crippen LogP contribution in [0.5, 0.6) is 0 Å². The fourth-order valence-electron chi connectivity index (χ4n) is 2.19. The van der Waals surface area contributed by atoms with Gasteiger partial charge in [0, 0.05) is 30.3 Å². The Kier molecular flexibility index (Phi) is 6.78. The molecule has 0 radical (unpaired) electrons. The minimum absolute atomic E-state index is 0.0390. The van der Waals surface area contributed by atoms with Crippen LogP contribution in [0.25, 0.3) is 0 Å². The quantitative estimate of drug-likeness (QED) is 0.587. The summed E-state index contributed by atoms with van der Waals surface area (Å²) in [6.45, 7) is 11.4. The van der Waals surface area contributed by atoms with E-state index in [0.717, 1.165) is 5.56 Å². The van der Waals surface area contributed by atoms with Crippen LogP contribution >= 0.6 is 0 Å². The molecule has 1 aromatic carbocycles. The van der Waals surface area contributed by atoms with Crippen molar-refractivity contribution in [1.29, 1.82) is 0 Å². The van der Waals surface area contributed by atoms with Crippen molar-refractivity contribution in [1.82, 2.24) is 5.32 Å². The molecule has 5 nitrogen and oxygen atoms in total. The summed E-state index contributed by atoms with van der Waals surface area (Å²) >= 11 is 0. The first kappa shape index (κ1) is 17.6. The summed E-state index contributed by atoms with van der Waals surface area (Å²) in [5.41, 5.74) is 1.78. The first-order valence-corrected chi connectivity index (χ1v) is 7.45. The van der Waals surface area contributed by atoms with Crippen LogP contribution in [0.3, 0.4) is 0 Å². The molecule has 5 heteroatoms. The largest absolute Gasteiger partial charge is 0.380 e. The maximum Gasteiger partial charge on any atom is 0.272 e. The summed E-state index contributed by atoms with van der Waals surface area (Å²) in [6, 6.07) is 5.67. The van der Waals surface area contributed by atoms with Crippen LogP contribution < -0.4 is 5.32 Å². The second-order valence-corrected chi connectivity index (χ2v) is 5.70. The van der Waals surface area contributed by atoms with Crippen molar-refractivity contribution in [2.75, 3.05) is 13.2 Å². The summed E-state index contributed by atoms with van der Waals surface area (Å²) in [4.78, 5) is 10.7. The van der Waals surface area contributed by atoms with E-state index >= 15 is 0 Å². The van der Waals surface area contributed by atoms with Gasteiger partial charge in [-0.25, -0.2) is 0 Å². The van der Waals surface area contributed by atoms with Crippen molar-refractivity contribution in [2.45, 2.75) is 46.7 Å². The van der Waals surface area contributed by atoms with Gasteiger partial charge in [0.2, 0.25) is 0 Å². The fourth-order valence-corrected chi connectivity index (χ4v) is 2.19. The van der Waals surface area contributed by atoms with Crippen molar-refractivity contribution in [3.63, 3.8) is 0 Å². The third-order valence-corrected chi connectivity index (χ3v) is 3.70. The molecule has 0 aromatic heterocycles. The molecule has 1 rings (SSSR count).